The number of aryl methyl sites for hydroxylation is 1. The number of piperidine rings is 1. The molecule has 3 rings (SSSR count). The van der Waals surface area contributed by atoms with Crippen LogP contribution in [0.3, 0.4) is 0 Å². The molecule has 5 heteroatoms. The summed E-state index contributed by atoms with van der Waals surface area (Å²) in [6, 6.07) is 12.9. The van der Waals surface area contributed by atoms with Crippen LogP contribution in [0.25, 0.3) is 0 Å². The Morgan fingerprint density at radius 2 is 2.00 bits per heavy atom. The summed E-state index contributed by atoms with van der Waals surface area (Å²) >= 11 is 6.03. The van der Waals surface area contributed by atoms with Crippen molar-refractivity contribution in [1.29, 1.82) is 0 Å². The Balaban J connectivity index is 1.73. The van der Waals surface area contributed by atoms with Crippen molar-refractivity contribution in [3.05, 3.63) is 47.1 Å². The van der Waals surface area contributed by atoms with Gasteiger partial charge in [0.1, 0.15) is 11.0 Å². The van der Waals surface area contributed by atoms with Crippen molar-refractivity contribution in [2.45, 2.75) is 38.1 Å². The van der Waals surface area contributed by atoms with Gasteiger partial charge in [-0.15, -0.1) is 0 Å². The third kappa shape index (κ3) is 3.69. The van der Waals surface area contributed by atoms with Crippen molar-refractivity contribution in [3.63, 3.8) is 0 Å². The van der Waals surface area contributed by atoms with Crippen LogP contribution in [0.1, 0.15) is 31.2 Å². The zero-order chi connectivity index (χ0) is 15.4. The average molecular weight is 317 g/mol. The molecule has 2 aromatic rings. The molecule has 22 heavy (non-hydrogen) atoms. The van der Waals surface area contributed by atoms with Crippen LogP contribution in [0.15, 0.2) is 36.4 Å². The first-order chi connectivity index (χ1) is 10.7. The molecular formula is C17H21ClN4. The molecule has 2 N–H and O–H groups in total. The van der Waals surface area contributed by atoms with Gasteiger partial charge in [-0.2, -0.15) is 4.98 Å². The molecule has 1 aromatic heterocycles. The third-order valence-corrected chi connectivity index (χ3v) is 4.42. The van der Waals surface area contributed by atoms with Gasteiger partial charge in [0.2, 0.25) is 5.95 Å². The lowest BCUT2D eigenvalue weighted by Gasteiger charge is -2.37. The van der Waals surface area contributed by atoms with E-state index in [1.807, 2.05) is 6.07 Å². The van der Waals surface area contributed by atoms with Gasteiger partial charge in [0.05, 0.1) is 0 Å². The second-order valence-electron chi connectivity index (χ2n) is 5.77. The molecule has 0 bridgehead atoms. The highest BCUT2D eigenvalue weighted by Crippen LogP contribution is 2.27. The van der Waals surface area contributed by atoms with Gasteiger partial charge in [-0.25, -0.2) is 4.98 Å². The van der Waals surface area contributed by atoms with Crippen molar-refractivity contribution in [3.8, 4) is 0 Å². The Morgan fingerprint density at radius 1 is 1.18 bits per heavy atom. The highest BCUT2D eigenvalue weighted by atomic mass is 35.5. The molecule has 1 unspecified atom stereocenters. The summed E-state index contributed by atoms with van der Waals surface area (Å²) in [5, 5.41) is 0.412. The van der Waals surface area contributed by atoms with E-state index >= 15 is 0 Å². The molecule has 2 heterocycles. The van der Waals surface area contributed by atoms with Gasteiger partial charge in [-0.1, -0.05) is 41.9 Å². The molecule has 1 saturated heterocycles. The fourth-order valence-electron chi connectivity index (χ4n) is 3.15. The van der Waals surface area contributed by atoms with Gasteiger partial charge in [0.15, 0.2) is 0 Å². The Labute approximate surface area is 136 Å². The third-order valence-electron chi connectivity index (χ3n) is 4.23. The van der Waals surface area contributed by atoms with E-state index in [4.69, 9.17) is 17.3 Å². The van der Waals surface area contributed by atoms with Crippen LogP contribution < -0.4 is 10.6 Å². The van der Waals surface area contributed by atoms with Crippen LogP contribution in [-0.2, 0) is 6.42 Å². The highest BCUT2D eigenvalue weighted by Gasteiger charge is 2.24. The predicted molar refractivity (Wildman–Crippen MR) is 91.2 cm³/mol. The smallest absolute Gasteiger partial charge is 0.223 e. The number of hydrogen-bond donors (Lipinski definition) is 1. The van der Waals surface area contributed by atoms with E-state index in [1.54, 1.807) is 0 Å². The normalized spacial score (nSPS) is 18.4. The molecule has 1 aromatic carbocycles. The van der Waals surface area contributed by atoms with Crippen LogP contribution in [0, 0.1) is 0 Å². The SMILES string of the molecule is Nc1nc(Cl)cc(N2CCCCC2CCc2ccccc2)n1. The molecular weight excluding hydrogens is 296 g/mol. The molecule has 1 fully saturated rings. The number of anilines is 2. The number of hydrogen-bond acceptors (Lipinski definition) is 4. The number of nitrogens with two attached hydrogens (primary N) is 1. The Kier molecular flexibility index (Phi) is 4.78. The summed E-state index contributed by atoms with van der Waals surface area (Å²) in [6.07, 6.45) is 5.84. The lowest BCUT2D eigenvalue weighted by atomic mass is 9.96. The van der Waals surface area contributed by atoms with Gasteiger partial charge in [-0.05, 0) is 37.7 Å². The second-order valence-corrected chi connectivity index (χ2v) is 6.16. The van der Waals surface area contributed by atoms with E-state index in [0.29, 0.717) is 11.2 Å². The molecule has 0 radical (unpaired) electrons. The molecule has 4 nitrogen and oxygen atoms in total. The lowest BCUT2D eigenvalue weighted by Crippen LogP contribution is -2.40. The molecule has 0 spiro atoms. The van der Waals surface area contributed by atoms with Crippen molar-refractivity contribution < 1.29 is 0 Å². The maximum atomic E-state index is 6.03. The largest absolute Gasteiger partial charge is 0.368 e. The summed E-state index contributed by atoms with van der Waals surface area (Å²) in [5.74, 6) is 1.10. The van der Waals surface area contributed by atoms with Crippen molar-refractivity contribution in [1.82, 2.24) is 9.97 Å². The molecule has 116 valence electrons. The van der Waals surface area contributed by atoms with Crippen LogP contribution in [-0.4, -0.2) is 22.6 Å². The first kappa shape index (κ1) is 15.1. The predicted octanol–water partition coefficient (Wildman–Crippen LogP) is 3.70. The minimum absolute atomic E-state index is 0.245. The van der Waals surface area contributed by atoms with Gasteiger partial charge in [-0.3, -0.25) is 0 Å². The van der Waals surface area contributed by atoms with Crippen molar-refractivity contribution in [2.75, 3.05) is 17.2 Å². The van der Waals surface area contributed by atoms with Crippen LogP contribution >= 0.6 is 11.6 Å². The van der Waals surface area contributed by atoms with E-state index in [0.717, 1.165) is 25.2 Å². The highest BCUT2D eigenvalue weighted by molar-refractivity contribution is 6.29. The number of halogens is 1. The topological polar surface area (TPSA) is 55.0 Å². The standard InChI is InChI=1S/C17H21ClN4/c18-15-12-16(21-17(19)20-15)22-11-5-4-8-14(22)10-9-13-6-2-1-3-7-13/h1-3,6-7,12,14H,4-5,8-11H2,(H2,19,20,21). The molecule has 0 amide bonds. The molecule has 1 atom stereocenters. The van der Waals surface area contributed by atoms with Crippen molar-refractivity contribution >= 4 is 23.4 Å². The van der Waals surface area contributed by atoms with Crippen molar-refractivity contribution in [2.24, 2.45) is 0 Å². The maximum Gasteiger partial charge on any atom is 0.223 e. The molecule has 1 aliphatic heterocycles. The quantitative estimate of drug-likeness (QED) is 0.874. The summed E-state index contributed by atoms with van der Waals surface area (Å²) in [6.45, 7) is 1.01. The zero-order valence-corrected chi connectivity index (χ0v) is 13.3. The monoisotopic (exact) mass is 316 g/mol. The molecule has 0 saturated carbocycles. The number of benzene rings is 1. The summed E-state index contributed by atoms with van der Waals surface area (Å²) in [7, 11) is 0. The van der Waals surface area contributed by atoms with E-state index < -0.39 is 0 Å². The summed E-state index contributed by atoms with van der Waals surface area (Å²) < 4.78 is 0. The van der Waals surface area contributed by atoms with Crippen LogP contribution in [0.5, 0.6) is 0 Å². The van der Waals surface area contributed by atoms with Crippen LogP contribution in [0.2, 0.25) is 5.15 Å². The van der Waals surface area contributed by atoms with Crippen LogP contribution in [0.4, 0.5) is 11.8 Å². The van der Waals surface area contributed by atoms with Gasteiger partial charge < -0.3 is 10.6 Å². The first-order valence-electron chi connectivity index (χ1n) is 7.83. The molecule has 0 aliphatic carbocycles. The first-order valence-corrected chi connectivity index (χ1v) is 8.21. The number of nitrogen functional groups attached to an aromatic ring is 1. The Morgan fingerprint density at radius 3 is 2.77 bits per heavy atom. The van der Waals surface area contributed by atoms with E-state index in [9.17, 15) is 0 Å². The number of nitrogens with zero attached hydrogens (tertiary/aromatic N) is 3. The van der Waals surface area contributed by atoms with E-state index in [-0.39, 0.29) is 5.95 Å². The average Bonchev–Trinajstić information content (AvgIpc) is 2.53. The van der Waals surface area contributed by atoms with E-state index in [1.165, 1.54) is 24.8 Å². The summed E-state index contributed by atoms with van der Waals surface area (Å²) in [5.41, 5.74) is 7.13. The summed E-state index contributed by atoms with van der Waals surface area (Å²) in [4.78, 5) is 10.7. The fourth-order valence-corrected chi connectivity index (χ4v) is 3.33. The molecule has 1 aliphatic rings. The van der Waals surface area contributed by atoms with E-state index in [2.05, 4.69) is 45.2 Å². The minimum atomic E-state index is 0.245. The zero-order valence-electron chi connectivity index (χ0n) is 12.6. The number of aromatic nitrogens is 2. The maximum absolute atomic E-state index is 6.03. The van der Waals surface area contributed by atoms with Gasteiger partial charge >= 0.3 is 0 Å². The van der Waals surface area contributed by atoms with Gasteiger partial charge in [0, 0.05) is 18.7 Å². The minimum Gasteiger partial charge on any atom is -0.368 e. The number of rotatable bonds is 4. The second kappa shape index (κ2) is 6.97. The van der Waals surface area contributed by atoms with Gasteiger partial charge in [0.25, 0.3) is 0 Å². The Bertz CT molecular complexity index is 597. The fraction of sp³-hybridized carbons (Fsp3) is 0.412. The lowest BCUT2D eigenvalue weighted by molar-refractivity contribution is 0.435. The Hall–Kier alpha value is -1.81.